The zero-order valence-electron chi connectivity index (χ0n) is 28.2. The highest BCUT2D eigenvalue weighted by Crippen LogP contribution is 2.29. The van der Waals surface area contributed by atoms with E-state index in [9.17, 15) is 0 Å². The third kappa shape index (κ3) is 10.8. The monoisotopic (exact) mass is 590 g/mol. The van der Waals surface area contributed by atoms with E-state index in [0.717, 1.165) is 17.0 Å². The summed E-state index contributed by atoms with van der Waals surface area (Å²) >= 11 is 6.22. The van der Waals surface area contributed by atoms with Crippen molar-refractivity contribution in [1.82, 2.24) is 34.5 Å². The minimum atomic E-state index is -0.156. The molecule has 41 heavy (non-hydrogen) atoms. The van der Waals surface area contributed by atoms with Gasteiger partial charge in [0.25, 0.3) is 0 Å². The number of rotatable bonds is 2. The Balaban J connectivity index is 0.000000225. The molecule has 0 spiro atoms. The second-order valence-electron chi connectivity index (χ2n) is 14.5. The molecule has 2 aliphatic rings. The molecule has 234 valence electrons. The van der Waals surface area contributed by atoms with Gasteiger partial charge in [-0.05, 0) is 79.8 Å². The number of nitrogens with zero attached hydrogens (tertiary/aromatic N) is 7. The van der Waals surface area contributed by atoms with Crippen molar-refractivity contribution in [1.29, 1.82) is 0 Å². The zero-order chi connectivity index (χ0) is 31.2. The Hall–Kier alpha value is -1.71. The Morgan fingerprint density at radius 2 is 1.27 bits per heavy atom. The number of nitrogens with two attached hydrogens (primary N) is 1. The number of halogens is 1. The maximum atomic E-state index is 6.22. The standard InChI is InChI=1S/C13H17ClN4.C10H22N2.C9H20N2/c1-8-5-6-9(10(14)7-8)11-16-17-12(18(11)15)13(2,3)4;1-5-11-6-8-12(9-7-11)10(2,3)4;1-9(2,3)11-7-5-10(4)6-8-11/h5-7H,15H2,1-4H3;5-9H2,1-4H3;5-8H2,1-4H3. The van der Waals surface area contributed by atoms with Gasteiger partial charge in [0.2, 0.25) is 0 Å². The lowest BCUT2D eigenvalue weighted by Crippen LogP contribution is -2.53. The molecule has 2 N–H and O–H groups in total. The van der Waals surface area contributed by atoms with Crippen LogP contribution in [0.5, 0.6) is 0 Å². The Morgan fingerprint density at radius 3 is 1.66 bits per heavy atom. The van der Waals surface area contributed by atoms with Crippen molar-refractivity contribution in [2.24, 2.45) is 0 Å². The molecule has 0 unspecified atom stereocenters. The number of nitrogen functional groups attached to an aromatic ring is 1. The average Bonchev–Trinajstić information content (AvgIpc) is 3.25. The first-order valence-corrected chi connectivity index (χ1v) is 15.6. The molecule has 3 heterocycles. The van der Waals surface area contributed by atoms with Crippen LogP contribution in [0.1, 0.15) is 80.6 Å². The SMILES string of the molecule is CCN1CCN(C(C)(C)C)CC1.CN1CCN(C(C)(C)C)CC1.Cc1ccc(-c2nnc(C(C)(C)C)n2N)c(Cl)c1. The highest BCUT2D eigenvalue weighted by Gasteiger charge is 2.26. The first kappa shape index (κ1) is 35.5. The van der Waals surface area contributed by atoms with Crippen molar-refractivity contribution in [3.05, 3.63) is 34.6 Å². The molecule has 8 nitrogen and oxygen atoms in total. The molecule has 0 bridgehead atoms. The number of aromatic nitrogens is 3. The molecule has 1 aromatic heterocycles. The molecule has 0 amide bonds. The van der Waals surface area contributed by atoms with Gasteiger partial charge in [0.05, 0.1) is 5.02 Å². The summed E-state index contributed by atoms with van der Waals surface area (Å²) in [6.45, 7) is 35.2. The van der Waals surface area contributed by atoms with E-state index in [-0.39, 0.29) is 5.41 Å². The first-order valence-electron chi connectivity index (χ1n) is 15.2. The molecule has 0 aliphatic carbocycles. The van der Waals surface area contributed by atoms with Crippen molar-refractivity contribution in [3.63, 3.8) is 0 Å². The summed E-state index contributed by atoms with van der Waals surface area (Å²) in [6.07, 6.45) is 0. The summed E-state index contributed by atoms with van der Waals surface area (Å²) in [6, 6.07) is 5.78. The molecule has 1 aromatic carbocycles. The van der Waals surface area contributed by atoms with Crippen LogP contribution in [0.2, 0.25) is 5.02 Å². The average molecular weight is 591 g/mol. The van der Waals surface area contributed by atoms with Gasteiger partial charge in [-0.2, -0.15) is 0 Å². The van der Waals surface area contributed by atoms with E-state index in [2.05, 4.69) is 85.3 Å². The third-order valence-electron chi connectivity index (χ3n) is 7.95. The van der Waals surface area contributed by atoms with Crippen LogP contribution in [0.25, 0.3) is 11.4 Å². The molecule has 4 rings (SSSR count). The lowest BCUT2D eigenvalue weighted by molar-refractivity contribution is 0.0648. The Bertz CT molecular complexity index is 1060. The second-order valence-corrected chi connectivity index (χ2v) is 14.9. The van der Waals surface area contributed by atoms with E-state index < -0.39 is 0 Å². The van der Waals surface area contributed by atoms with E-state index in [1.807, 2.05) is 45.9 Å². The van der Waals surface area contributed by atoms with Gasteiger partial charge in [-0.3, -0.25) is 9.80 Å². The summed E-state index contributed by atoms with van der Waals surface area (Å²) in [5.41, 5.74) is 2.47. The van der Waals surface area contributed by atoms with Crippen molar-refractivity contribution in [2.45, 2.75) is 92.7 Å². The lowest BCUT2D eigenvalue weighted by Gasteiger charge is -2.42. The summed E-state index contributed by atoms with van der Waals surface area (Å²) in [5, 5.41) is 8.94. The largest absolute Gasteiger partial charge is 0.336 e. The van der Waals surface area contributed by atoms with Gasteiger partial charge in [-0.25, -0.2) is 4.68 Å². The van der Waals surface area contributed by atoms with Gasteiger partial charge in [0.15, 0.2) is 11.6 Å². The number of hydrogen-bond donors (Lipinski definition) is 1. The fourth-order valence-electron chi connectivity index (χ4n) is 5.00. The zero-order valence-corrected chi connectivity index (χ0v) is 28.9. The van der Waals surface area contributed by atoms with Gasteiger partial charge in [-0.1, -0.05) is 45.4 Å². The fourth-order valence-corrected chi connectivity index (χ4v) is 5.32. The molecule has 0 saturated carbocycles. The summed E-state index contributed by atoms with van der Waals surface area (Å²) in [4.78, 5) is 10.0. The maximum Gasteiger partial charge on any atom is 0.184 e. The molecule has 2 aromatic rings. The van der Waals surface area contributed by atoms with E-state index >= 15 is 0 Å². The van der Waals surface area contributed by atoms with Gasteiger partial charge in [0, 0.05) is 74.4 Å². The highest BCUT2D eigenvalue weighted by molar-refractivity contribution is 6.33. The Morgan fingerprint density at radius 1 is 0.780 bits per heavy atom. The molecular weight excluding hydrogens is 532 g/mol. The van der Waals surface area contributed by atoms with E-state index in [0.29, 0.717) is 21.9 Å². The number of aryl methyl sites for hydroxylation is 1. The molecule has 0 radical (unpaired) electrons. The van der Waals surface area contributed by atoms with Crippen molar-refractivity contribution < 1.29 is 0 Å². The van der Waals surface area contributed by atoms with Crippen molar-refractivity contribution in [3.8, 4) is 11.4 Å². The maximum absolute atomic E-state index is 6.22. The van der Waals surface area contributed by atoms with Crippen LogP contribution < -0.4 is 5.84 Å². The number of piperazine rings is 2. The summed E-state index contributed by atoms with van der Waals surface area (Å²) in [5.74, 6) is 7.38. The second kappa shape index (κ2) is 14.6. The van der Waals surface area contributed by atoms with Gasteiger partial charge >= 0.3 is 0 Å². The fraction of sp³-hybridized carbons (Fsp3) is 0.750. The highest BCUT2D eigenvalue weighted by atomic mass is 35.5. The summed E-state index contributed by atoms with van der Waals surface area (Å²) < 4.78 is 1.51. The number of likely N-dealkylation sites (N-methyl/N-ethyl adjacent to an activating group) is 2. The van der Waals surface area contributed by atoms with Crippen LogP contribution in [-0.4, -0.2) is 112 Å². The third-order valence-corrected chi connectivity index (χ3v) is 8.26. The molecule has 9 heteroatoms. The van der Waals surface area contributed by atoms with Crippen molar-refractivity contribution in [2.75, 3.05) is 71.8 Å². The number of benzene rings is 1. The quantitative estimate of drug-likeness (QED) is 0.471. The predicted octanol–water partition coefficient (Wildman–Crippen LogP) is 5.37. The minimum absolute atomic E-state index is 0.156. The van der Waals surface area contributed by atoms with Crippen LogP contribution in [0.4, 0.5) is 0 Å². The van der Waals surface area contributed by atoms with E-state index in [4.69, 9.17) is 17.4 Å². The van der Waals surface area contributed by atoms with Crippen LogP contribution in [-0.2, 0) is 5.41 Å². The lowest BCUT2D eigenvalue weighted by atomic mass is 9.96. The van der Waals surface area contributed by atoms with Crippen LogP contribution in [0, 0.1) is 6.92 Å². The summed E-state index contributed by atoms with van der Waals surface area (Å²) in [7, 11) is 2.19. The van der Waals surface area contributed by atoms with E-state index in [1.54, 1.807) is 0 Å². The van der Waals surface area contributed by atoms with Gasteiger partial charge < -0.3 is 15.6 Å². The first-order chi connectivity index (χ1) is 18.8. The topological polar surface area (TPSA) is 69.7 Å². The molecule has 2 fully saturated rings. The molecule has 2 aliphatic heterocycles. The van der Waals surface area contributed by atoms with Crippen molar-refractivity contribution >= 4 is 11.6 Å². The molecule has 2 saturated heterocycles. The predicted molar refractivity (Wildman–Crippen MR) is 176 cm³/mol. The normalized spacial score (nSPS) is 18.4. The Labute approximate surface area is 256 Å². The van der Waals surface area contributed by atoms with Gasteiger partial charge in [-0.15, -0.1) is 10.2 Å². The van der Waals surface area contributed by atoms with E-state index in [1.165, 1.54) is 63.6 Å². The van der Waals surface area contributed by atoms with Gasteiger partial charge in [0.1, 0.15) is 0 Å². The van der Waals surface area contributed by atoms with Crippen LogP contribution in [0.3, 0.4) is 0 Å². The Kier molecular flexibility index (Phi) is 12.7. The number of hydrogen-bond acceptors (Lipinski definition) is 7. The van der Waals surface area contributed by atoms with Crippen LogP contribution in [0.15, 0.2) is 18.2 Å². The molecular formula is C32H59ClN8. The van der Waals surface area contributed by atoms with Crippen LogP contribution >= 0.6 is 11.6 Å². The molecule has 0 atom stereocenters. The smallest absolute Gasteiger partial charge is 0.184 e. The minimum Gasteiger partial charge on any atom is -0.336 e.